The van der Waals surface area contributed by atoms with Gasteiger partial charge >= 0.3 is 0 Å². The van der Waals surface area contributed by atoms with Crippen molar-refractivity contribution in [3.8, 4) is 11.4 Å². The lowest BCUT2D eigenvalue weighted by Gasteiger charge is -2.17. The number of carbonyl (C=O) groups is 1. The first kappa shape index (κ1) is 15.2. The van der Waals surface area contributed by atoms with E-state index in [9.17, 15) is 4.79 Å². The number of aliphatic imine (C=N–C) groups is 1. The molecule has 1 aromatic carbocycles. The molecule has 3 rings (SSSR count). The number of hydrogen-bond donors (Lipinski definition) is 1. The van der Waals surface area contributed by atoms with Crippen molar-refractivity contribution >= 4 is 11.7 Å². The van der Waals surface area contributed by atoms with Crippen LogP contribution >= 0.6 is 0 Å². The second-order valence-corrected chi connectivity index (χ2v) is 5.43. The zero-order chi connectivity index (χ0) is 16.6. The molecular weight excluding hydrogens is 294 g/mol. The average Bonchev–Trinajstić information content (AvgIpc) is 3.10. The fraction of sp³-hybridized carbons (Fsp3) is 0.312. The highest BCUT2D eigenvalue weighted by Gasteiger charge is 2.29. The predicted octanol–water partition coefficient (Wildman–Crippen LogP) is 1.08. The summed E-state index contributed by atoms with van der Waals surface area (Å²) >= 11 is 0. The van der Waals surface area contributed by atoms with E-state index in [0.29, 0.717) is 12.4 Å². The van der Waals surface area contributed by atoms with Crippen molar-refractivity contribution < 1.29 is 9.53 Å². The van der Waals surface area contributed by atoms with Crippen LogP contribution in [0, 0.1) is 6.92 Å². The van der Waals surface area contributed by atoms with Gasteiger partial charge in [-0.05, 0) is 37.3 Å². The van der Waals surface area contributed by atoms with Crippen LogP contribution in [0.2, 0.25) is 0 Å². The Morgan fingerprint density at radius 2 is 2.04 bits per heavy atom. The lowest BCUT2D eigenvalue weighted by Crippen LogP contribution is -2.36. The van der Waals surface area contributed by atoms with Crippen LogP contribution in [0.3, 0.4) is 0 Å². The molecule has 0 saturated carbocycles. The first-order valence-electron chi connectivity index (χ1n) is 7.32. The van der Waals surface area contributed by atoms with Crippen LogP contribution in [0.4, 0.5) is 0 Å². The number of nitrogens with zero attached hydrogens (tertiary/aromatic N) is 4. The van der Waals surface area contributed by atoms with Gasteiger partial charge in [0, 0.05) is 6.92 Å². The van der Waals surface area contributed by atoms with Crippen molar-refractivity contribution in [3.05, 3.63) is 41.7 Å². The lowest BCUT2D eigenvalue weighted by molar-refractivity contribution is -0.124. The van der Waals surface area contributed by atoms with Crippen molar-refractivity contribution in [1.82, 2.24) is 14.7 Å². The minimum Gasteiger partial charge on any atom is -0.497 e. The van der Waals surface area contributed by atoms with Crippen LogP contribution in [0.5, 0.6) is 5.75 Å². The molecule has 1 aromatic heterocycles. The summed E-state index contributed by atoms with van der Waals surface area (Å²) in [5.74, 6) is 1.24. The molecule has 1 amide bonds. The number of aromatic nitrogens is 2. The van der Waals surface area contributed by atoms with E-state index in [-0.39, 0.29) is 5.91 Å². The molecule has 0 radical (unpaired) electrons. The van der Waals surface area contributed by atoms with Crippen LogP contribution in [-0.4, -0.2) is 46.2 Å². The summed E-state index contributed by atoms with van der Waals surface area (Å²) < 4.78 is 6.95. The number of aryl methyl sites for hydroxylation is 1. The standard InChI is InChI=1S/C16H19N5O2/c1-10-8-14(16-18-15(17)9-20(16)11(2)22)21(19-10)12-4-6-13(23-3)7-5-12/h4-8,15H,9,17H2,1-3H3. The highest BCUT2D eigenvalue weighted by atomic mass is 16.5. The summed E-state index contributed by atoms with van der Waals surface area (Å²) in [4.78, 5) is 17.8. The van der Waals surface area contributed by atoms with Gasteiger partial charge in [-0.2, -0.15) is 5.10 Å². The lowest BCUT2D eigenvalue weighted by atomic mass is 10.2. The SMILES string of the molecule is COc1ccc(-n2nc(C)cc2C2=NC(N)CN2C(C)=O)cc1. The van der Waals surface area contributed by atoms with Crippen molar-refractivity contribution in [3.63, 3.8) is 0 Å². The second kappa shape index (κ2) is 5.85. The third-order valence-corrected chi connectivity index (χ3v) is 3.67. The van der Waals surface area contributed by atoms with Crippen molar-refractivity contribution in [2.75, 3.05) is 13.7 Å². The zero-order valence-electron chi connectivity index (χ0n) is 13.4. The number of amides is 1. The molecule has 2 heterocycles. The van der Waals surface area contributed by atoms with Gasteiger partial charge in [0.1, 0.15) is 17.6 Å². The molecule has 23 heavy (non-hydrogen) atoms. The van der Waals surface area contributed by atoms with E-state index in [2.05, 4.69) is 10.1 Å². The normalized spacial score (nSPS) is 17.3. The zero-order valence-corrected chi connectivity index (χ0v) is 13.4. The van der Waals surface area contributed by atoms with Crippen LogP contribution in [-0.2, 0) is 4.79 Å². The highest BCUT2D eigenvalue weighted by Crippen LogP contribution is 2.21. The minimum absolute atomic E-state index is 0.0863. The molecule has 7 heteroatoms. The van der Waals surface area contributed by atoms with Gasteiger partial charge in [0.15, 0.2) is 5.84 Å². The quantitative estimate of drug-likeness (QED) is 0.919. The number of rotatable bonds is 3. The fourth-order valence-electron chi connectivity index (χ4n) is 2.60. The third-order valence-electron chi connectivity index (χ3n) is 3.67. The van der Waals surface area contributed by atoms with E-state index < -0.39 is 6.17 Å². The summed E-state index contributed by atoms with van der Waals surface area (Å²) in [5.41, 5.74) is 8.34. The Balaban J connectivity index is 2.07. The Hall–Kier alpha value is -2.67. The average molecular weight is 313 g/mol. The van der Waals surface area contributed by atoms with Gasteiger partial charge < -0.3 is 10.5 Å². The molecule has 1 unspecified atom stereocenters. The number of benzene rings is 1. The Labute approximate surface area is 134 Å². The molecule has 2 N–H and O–H groups in total. The number of amidine groups is 1. The Bertz CT molecular complexity index is 763. The molecule has 1 aliphatic rings. The molecular formula is C16H19N5O2. The Kier molecular flexibility index (Phi) is 3.87. The smallest absolute Gasteiger partial charge is 0.225 e. The van der Waals surface area contributed by atoms with Gasteiger partial charge in [-0.25, -0.2) is 9.67 Å². The summed E-state index contributed by atoms with van der Waals surface area (Å²) in [6.45, 7) is 3.79. The summed E-state index contributed by atoms with van der Waals surface area (Å²) in [6, 6.07) is 9.43. The Morgan fingerprint density at radius 1 is 1.35 bits per heavy atom. The fourth-order valence-corrected chi connectivity index (χ4v) is 2.60. The van der Waals surface area contributed by atoms with Crippen molar-refractivity contribution in [2.45, 2.75) is 20.0 Å². The molecule has 0 spiro atoms. The van der Waals surface area contributed by atoms with Gasteiger partial charge in [-0.3, -0.25) is 9.69 Å². The first-order valence-corrected chi connectivity index (χ1v) is 7.32. The van der Waals surface area contributed by atoms with E-state index in [1.165, 1.54) is 6.92 Å². The highest BCUT2D eigenvalue weighted by molar-refractivity contribution is 6.08. The van der Waals surface area contributed by atoms with E-state index in [4.69, 9.17) is 10.5 Å². The van der Waals surface area contributed by atoms with Gasteiger partial charge in [-0.1, -0.05) is 0 Å². The molecule has 0 bridgehead atoms. The maximum atomic E-state index is 11.9. The molecule has 0 fully saturated rings. The maximum absolute atomic E-state index is 11.9. The molecule has 0 aliphatic carbocycles. The summed E-state index contributed by atoms with van der Waals surface area (Å²) in [6.07, 6.45) is -0.409. The maximum Gasteiger partial charge on any atom is 0.225 e. The molecule has 1 atom stereocenters. The number of carbonyl (C=O) groups excluding carboxylic acids is 1. The van der Waals surface area contributed by atoms with Crippen LogP contribution in [0.15, 0.2) is 35.3 Å². The Morgan fingerprint density at radius 3 is 2.65 bits per heavy atom. The van der Waals surface area contributed by atoms with Gasteiger partial charge in [-0.15, -0.1) is 0 Å². The first-order chi connectivity index (χ1) is 11.0. The number of hydrogen-bond acceptors (Lipinski definition) is 5. The van der Waals surface area contributed by atoms with Crippen molar-refractivity contribution in [1.29, 1.82) is 0 Å². The van der Waals surface area contributed by atoms with Crippen LogP contribution in [0.25, 0.3) is 5.69 Å². The summed E-state index contributed by atoms with van der Waals surface area (Å²) in [5, 5.41) is 4.52. The van der Waals surface area contributed by atoms with Gasteiger partial charge in [0.05, 0.1) is 25.0 Å². The van der Waals surface area contributed by atoms with Gasteiger partial charge in [0.2, 0.25) is 5.91 Å². The number of nitrogens with two attached hydrogens (primary N) is 1. The third kappa shape index (κ3) is 2.83. The number of methoxy groups -OCH3 is 1. The van der Waals surface area contributed by atoms with Crippen molar-refractivity contribution in [2.24, 2.45) is 10.7 Å². The molecule has 0 saturated heterocycles. The van der Waals surface area contributed by atoms with E-state index in [1.807, 2.05) is 37.3 Å². The predicted molar refractivity (Wildman–Crippen MR) is 86.8 cm³/mol. The molecule has 1 aliphatic heterocycles. The van der Waals surface area contributed by atoms with Crippen LogP contribution in [0.1, 0.15) is 18.3 Å². The minimum atomic E-state index is -0.409. The van der Waals surface area contributed by atoms with E-state index in [1.54, 1.807) is 16.7 Å². The molecule has 7 nitrogen and oxygen atoms in total. The molecule has 2 aromatic rings. The van der Waals surface area contributed by atoms with E-state index in [0.717, 1.165) is 22.8 Å². The second-order valence-electron chi connectivity index (χ2n) is 5.43. The van der Waals surface area contributed by atoms with E-state index >= 15 is 0 Å². The van der Waals surface area contributed by atoms with Crippen LogP contribution < -0.4 is 10.5 Å². The molecule has 120 valence electrons. The largest absolute Gasteiger partial charge is 0.497 e. The topological polar surface area (TPSA) is 85.7 Å². The summed E-state index contributed by atoms with van der Waals surface area (Å²) in [7, 11) is 1.62. The van der Waals surface area contributed by atoms with Gasteiger partial charge in [0.25, 0.3) is 0 Å². The monoisotopic (exact) mass is 313 g/mol. The number of ether oxygens (including phenoxy) is 1.